The van der Waals surface area contributed by atoms with Gasteiger partial charge in [0.1, 0.15) is 6.29 Å². The van der Waals surface area contributed by atoms with Crippen LogP contribution >= 0.6 is 0 Å². The SMILES string of the molecule is CC(C)CC1CCC(C2CCC(C=O)CC2)CC1. The molecule has 0 saturated heterocycles. The first-order valence-electron chi connectivity index (χ1n) is 8.14. The molecule has 0 heterocycles. The summed E-state index contributed by atoms with van der Waals surface area (Å²) in [6.45, 7) is 4.71. The van der Waals surface area contributed by atoms with E-state index in [4.69, 9.17) is 0 Å². The number of hydrogen-bond acceptors (Lipinski definition) is 1. The number of carbonyl (C=O) groups excluding carboxylic acids is 1. The molecule has 0 aromatic carbocycles. The molecule has 0 aromatic heterocycles. The summed E-state index contributed by atoms with van der Waals surface area (Å²) >= 11 is 0. The van der Waals surface area contributed by atoms with Gasteiger partial charge < -0.3 is 4.79 Å². The molecule has 2 saturated carbocycles. The quantitative estimate of drug-likeness (QED) is 0.652. The van der Waals surface area contributed by atoms with Crippen LogP contribution < -0.4 is 0 Å². The highest BCUT2D eigenvalue weighted by molar-refractivity contribution is 5.53. The van der Waals surface area contributed by atoms with Gasteiger partial charge in [0.15, 0.2) is 0 Å². The van der Waals surface area contributed by atoms with Gasteiger partial charge in [0.2, 0.25) is 0 Å². The van der Waals surface area contributed by atoms with Crippen molar-refractivity contribution in [3.63, 3.8) is 0 Å². The predicted octanol–water partition coefficient (Wildman–Crippen LogP) is 4.84. The summed E-state index contributed by atoms with van der Waals surface area (Å²) in [5, 5.41) is 0. The highest BCUT2D eigenvalue weighted by Crippen LogP contribution is 2.42. The van der Waals surface area contributed by atoms with Gasteiger partial charge in [-0.1, -0.05) is 26.7 Å². The van der Waals surface area contributed by atoms with E-state index in [1.165, 1.54) is 64.1 Å². The number of rotatable bonds is 4. The Bertz CT molecular complexity index is 242. The lowest BCUT2D eigenvalue weighted by atomic mass is 9.68. The molecule has 0 aromatic rings. The van der Waals surface area contributed by atoms with Crippen LogP contribution in [0.2, 0.25) is 0 Å². The van der Waals surface area contributed by atoms with Crippen LogP contribution in [0.15, 0.2) is 0 Å². The Kier molecular flexibility index (Phi) is 5.26. The summed E-state index contributed by atoms with van der Waals surface area (Å²) in [5.74, 6) is 4.20. The van der Waals surface area contributed by atoms with Crippen molar-refractivity contribution in [3.8, 4) is 0 Å². The largest absolute Gasteiger partial charge is 0.303 e. The van der Waals surface area contributed by atoms with Crippen molar-refractivity contribution in [3.05, 3.63) is 0 Å². The summed E-state index contributed by atoms with van der Waals surface area (Å²) < 4.78 is 0. The normalized spacial score (nSPS) is 37.7. The van der Waals surface area contributed by atoms with Gasteiger partial charge >= 0.3 is 0 Å². The number of aldehydes is 1. The molecule has 0 radical (unpaired) electrons. The first-order valence-corrected chi connectivity index (χ1v) is 8.14. The van der Waals surface area contributed by atoms with Gasteiger partial charge in [-0.15, -0.1) is 0 Å². The average molecular weight is 250 g/mol. The van der Waals surface area contributed by atoms with Gasteiger partial charge in [0.25, 0.3) is 0 Å². The van der Waals surface area contributed by atoms with E-state index in [1.54, 1.807) is 0 Å². The lowest BCUT2D eigenvalue weighted by Gasteiger charge is -2.37. The highest BCUT2D eigenvalue weighted by atomic mass is 16.1. The van der Waals surface area contributed by atoms with Crippen molar-refractivity contribution in [2.24, 2.45) is 29.6 Å². The van der Waals surface area contributed by atoms with Crippen molar-refractivity contribution in [2.45, 2.75) is 71.6 Å². The standard InChI is InChI=1S/C17H30O/c1-13(2)11-14-3-7-16(8-4-14)17-9-5-15(12-18)6-10-17/h12-17H,3-11H2,1-2H3. The molecular weight excluding hydrogens is 220 g/mol. The molecule has 2 aliphatic rings. The Hall–Kier alpha value is -0.330. The summed E-state index contributed by atoms with van der Waals surface area (Å²) in [7, 11) is 0. The first-order chi connectivity index (χ1) is 8.69. The second-order valence-electron chi connectivity index (χ2n) is 7.22. The Labute approximate surface area is 113 Å². The lowest BCUT2D eigenvalue weighted by Crippen LogP contribution is -2.26. The van der Waals surface area contributed by atoms with Crippen LogP contribution in [0.5, 0.6) is 0 Å². The van der Waals surface area contributed by atoms with E-state index in [2.05, 4.69) is 13.8 Å². The van der Waals surface area contributed by atoms with Gasteiger partial charge in [-0.25, -0.2) is 0 Å². The molecule has 1 heteroatoms. The van der Waals surface area contributed by atoms with Gasteiger partial charge in [-0.2, -0.15) is 0 Å². The number of hydrogen-bond donors (Lipinski definition) is 0. The third-order valence-corrected chi connectivity index (χ3v) is 5.37. The maximum atomic E-state index is 10.8. The van der Waals surface area contributed by atoms with Crippen molar-refractivity contribution in [1.29, 1.82) is 0 Å². The Morgan fingerprint density at radius 3 is 1.83 bits per heavy atom. The zero-order chi connectivity index (χ0) is 13.0. The fourth-order valence-electron chi connectivity index (χ4n) is 4.31. The minimum absolute atomic E-state index is 0.388. The molecule has 0 spiro atoms. The van der Waals surface area contributed by atoms with E-state index in [-0.39, 0.29) is 0 Å². The van der Waals surface area contributed by atoms with Gasteiger partial charge in [0, 0.05) is 5.92 Å². The molecular formula is C17H30O. The van der Waals surface area contributed by atoms with Crippen molar-refractivity contribution in [2.75, 3.05) is 0 Å². The van der Waals surface area contributed by atoms with E-state index < -0.39 is 0 Å². The first kappa shape index (κ1) is 14.1. The Balaban J connectivity index is 1.71. The summed E-state index contributed by atoms with van der Waals surface area (Å²) in [6.07, 6.45) is 13.5. The summed E-state index contributed by atoms with van der Waals surface area (Å²) in [5.41, 5.74) is 0. The third-order valence-electron chi connectivity index (χ3n) is 5.37. The minimum Gasteiger partial charge on any atom is -0.303 e. The molecule has 0 aliphatic heterocycles. The van der Waals surface area contributed by atoms with Crippen LogP contribution in [0.4, 0.5) is 0 Å². The molecule has 2 aliphatic carbocycles. The molecule has 0 N–H and O–H groups in total. The monoisotopic (exact) mass is 250 g/mol. The van der Waals surface area contributed by atoms with E-state index in [0.29, 0.717) is 5.92 Å². The van der Waals surface area contributed by atoms with E-state index in [9.17, 15) is 4.79 Å². The average Bonchev–Trinajstić information content (AvgIpc) is 2.39. The molecule has 0 amide bonds. The van der Waals surface area contributed by atoms with Crippen LogP contribution in [-0.2, 0) is 4.79 Å². The van der Waals surface area contributed by atoms with E-state index >= 15 is 0 Å². The predicted molar refractivity (Wildman–Crippen MR) is 76.4 cm³/mol. The maximum absolute atomic E-state index is 10.8. The van der Waals surface area contributed by atoms with Crippen molar-refractivity contribution >= 4 is 6.29 Å². The molecule has 1 nitrogen and oxygen atoms in total. The van der Waals surface area contributed by atoms with Crippen LogP contribution in [0, 0.1) is 29.6 Å². The molecule has 2 rings (SSSR count). The second-order valence-corrected chi connectivity index (χ2v) is 7.22. The molecule has 0 bridgehead atoms. The van der Waals surface area contributed by atoms with Crippen LogP contribution in [-0.4, -0.2) is 6.29 Å². The van der Waals surface area contributed by atoms with E-state index in [1.807, 2.05) is 0 Å². The van der Waals surface area contributed by atoms with Gasteiger partial charge in [-0.05, 0) is 68.6 Å². The zero-order valence-electron chi connectivity index (χ0n) is 12.2. The topological polar surface area (TPSA) is 17.1 Å². The smallest absolute Gasteiger partial charge is 0.123 e. The summed E-state index contributed by atoms with van der Waals surface area (Å²) in [6, 6.07) is 0. The lowest BCUT2D eigenvalue weighted by molar-refractivity contribution is -0.112. The Morgan fingerprint density at radius 2 is 1.39 bits per heavy atom. The molecule has 2 fully saturated rings. The van der Waals surface area contributed by atoms with Crippen molar-refractivity contribution in [1.82, 2.24) is 0 Å². The molecule has 18 heavy (non-hydrogen) atoms. The van der Waals surface area contributed by atoms with E-state index in [0.717, 1.165) is 23.7 Å². The van der Waals surface area contributed by atoms with Crippen LogP contribution in [0.25, 0.3) is 0 Å². The van der Waals surface area contributed by atoms with Gasteiger partial charge in [0.05, 0.1) is 0 Å². The highest BCUT2D eigenvalue weighted by Gasteiger charge is 2.30. The van der Waals surface area contributed by atoms with Crippen LogP contribution in [0.3, 0.4) is 0 Å². The third kappa shape index (κ3) is 3.83. The molecule has 104 valence electrons. The second kappa shape index (κ2) is 6.73. The zero-order valence-corrected chi connectivity index (χ0v) is 12.2. The fourth-order valence-corrected chi connectivity index (χ4v) is 4.31. The fraction of sp³-hybridized carbons (Fsp3) is 0.941. The maximum Gasteiger partial charge on any atom is 0.123 e. The number of carbonyl (C=O) groups is 1. The molecule has 0 unspecified atom stereocenters. The Morgan fingerprint density at radius 1 is 0.889 bits per heavy atom. The summed E-state index contributed by atoms with van der Waals surface area (Å²) in [4.78, 5) is 10.8. The van der Waals surface area contributed by atoms with Crippen molar-refractivity contribution < 1.29 is 4.79 Å². The minimum atomic E-state index is 0.388. The van der Waals surface area contributed by atoms with Crippen LogP contribution in [0.1, 0.15) is 71.6 Å². The van der Waals surface area contributed by atoms with Gasteiger partial charge in [-0.3, -0.25) is 0 Å². The molecule has 0 atom stereocenters.